The normalized spacial score (nSPS) is 12.2. The molecular weight excluding hydrogens is 863 g/mol. The van der Waals surface area contributed by atoms with Crippen molar-refractivity contribution in [3.63, 3.8) is 0 Å². The van der Waals surface area contributed by atoms with Gasteiger partial charge in [0.25, 0.3) is 0 Å². The molecule has 0 amide bonds. The Labute approximate surface area is 407 Å². The standard InChI is InChI=1S/C66H41N5/c1-4-18-42(19-5-1)67-57-28-14-10-24-47(57)51-34-32-45(36-61(51)67)70-58-29-15-11-25-48(58)52-35-33-46(37-62(52)70)71-65-40-63-53(49-26-12-16-30-59(49)68(63)43-20-6-2-7-21-43)38-55(65)56-39-54-50-27-13-17-31-60(50)69(64(54)41-66(56)71)44-22-8-3-9-23-44/h1-41H. The first kappa shape index (κ1) is 38.4. The van der Waals surface area contributed by atoms with Gasteiger partial charge in [0.15, 0.2) is 0 Å². The Balaban J connectivity index is 1.03. The fourth-order valence-electron chi connectivity index (χ4n) is 12.3. The lowest BCUT2D eigenvalue weighted by atomic mass is 10.1. The van der Waals surface area contributed by atoms with Gasteiger partial charge in [-0.3, -0.25) is 0 Å². The van der Waals surface area contributed by atoms with E-state index < -0.39 is 0 Å². The second-order valence-corrected chi connectivity index (χ2v) is 18.9. The van der Waals surface area contributed by atoms with E-state index in [1.807, 2.05) is 0 Å². The topological polar surface area (TPSA) is 24.6 Å². The van der Waals surface area contributed by atoms with E-state index in [0.717, 1.165) is 45.0 Å². The largest absolute Gasteiger partial charge is 0.309 e. The summed E-state index contributed by atoms with van der Waals surface area (Å²) in [5.41, 5.74) is 17.4. The van der Waals surface area contributed by atoms with Gasteiger partial charge in [-0.1, -0.05) is 140 Å². The van der Waals surface area contributed by atoms with Crippen molar-refractivity contribution in [2.75, 3.05) is 0 Å². The maximum Gasteiger partial charge on any atom is 0.0562 e. The van der Waals surface area contributed by atoms with Gasteiger partial charge in [0.2, 0.25) is 0 Å². The molecular formula is C66H41N5. The molecule has 0 aliphatic heterocycles. The number of aromatic nitrogens is 5. The summed E-state index contributed by atoms with van der Waals surface area (Å²) < 4.78 is 12.3. The molecule has 11 aromatic carbocycles. The minimum absolute atomic E-state index is 1.10. The maximum atomic E-state index is 2.53. The number of nitrogens with zero attached hydrogens (tertiary/aromatic N) is 5. The van der Waals surface area contributed by atoms with E-state index in [0.29, 0.717) is 0 Å². The number of rotatable bonds is 5. The smallest absolute Gasteiger partial charge is 0.0562 e. The van der Waals surface area contributed by atoms with E-state index in [1.165, 1.54) is 92.5 Å². The summed E-state index contributed by atoms with van der Waals surface area (Å²) in [5, 5.41) is 12.3. The number of benzene rings is 11. The van der Waals surface area contributed by atoms with Gasteiger partial charge in [-0.2, -0.15) is 0 Å². The Bertz CT molecular complexity index is 4680. The molecule has 5 heteroatoms. The van der Waals surface area contributed by atoms with Crippen LogP contribution in [-0.2, 0) is 0 Å². The molecule has 0 saturated carbocycles. The second-order valence-electron chi connectivity index (χ2n) is 18.9. The SMILES string of the molecule is c1ccc(-n2c3ccccc3c3ccc(-n4c5ccccc5c5ccc(-n6c7cc8c(cc7c7cc9c%10ccccc%10n(-c%10ccccc%10)c9cc76)c6ccccc6n8-c6ccccc6)cc54)cc32)cc1. The van der Waals surface area contributed by atoms with E-state index in [2.05, 4.69) is 272 Å². The first-order chi connectivity index (χ1) is 35.2. The van der Waals surface area contributed by atoms with Crippen LogP contribution < -0.4 is 0 Å². The first-order valence-electron chi connectivity index (χ1n) is 24.4. The van der Waals surface area contributed by atoms with Crippen LogP contribution in [0.5, 0.6) is 0 Å². The summed E-state index contributed by atoms with van der Waals surface area (Å²) >= 11 is 0. The molecule has 0 aliphatic rings. The molecule has 0 bridgehead atoms. The Kier molecular flexibility index (Phi) is 7.82. The third-order valence-corrected chi connectivity index (χ3v) is 15.2. The lowest BCUT2D eigenvalue weighted by molar-refractivity contribution is 1.14. The molecule has 5 aromatic heterocycles. The van der Waals surface area contributed by atoms with E-state index in [9.17, 15) is 0 Å². The molecule has 330 valence electrons. The summed E-state index contributed by atoms with van der Waals surface area (Å²) in [7, 11) is 0. The molecule has 5 heterocycles. The lowest BCUT2D eigenvalue weighted by Gasteiger charge is -2.13. The van der Waals surface area contributed by atoms with Gasteiger partial charge < -0.3 is 22.8 Å². The number of hydrogen-bond donors (Lipinski definition) is 0. The summed E-state index contributed by atoms with van der Waals surface area (Å²) in [6, 6.07) is 91.6. The fourth-order valence-corrected chi connectivity index (χ4v) is 12.3. The van der Waals surface area contributed by atoms with Crippen LogP contribution in [-0.4, -0.2) is 22.8 Å². The predicted molar refractivity (Wildman–Crippen MR) is 298 cm³/mol. The lowest BCUT2D eigenvalue weighted by Crippen LogP contribution is -1.99. The summed E-state index contributed by atoms with van der Waals surface area (Å²) in [6.45, 7) is 0. The zero-order valence-electron chi connectivity index (χ0n) is 38.4. The van der Waals surface area contributed by atoms with Gasteiger partial charge in [0.05, 0.1) is 55.2 Å². The quantitative estimate of drug-likeness (QED) is 0.164. The van der Waals surface area contributed by atoms with Crippen LogP contribution >= 0.6 is 0 Å². The van der Waals surface area contributed by atoms with Crippen LogP contribution in [0.1, 0.15) is 0 Å². The molecule has 0 unspecified atom stereocenters. The van der Waals surface area contributed by atoms with Crippen LogP contribution in [0.25, 0.3) is 137 Å². The van der Waals surface area contributed by atoms with Crippen molar-refractivity contribution in [1.82, 2.24) is 22.8 Å². The molecule has 0 N–H and O–H groups in total. The number of hydrogen-bond acceptors (Lipinski definition) is 0. The van der Waals surface area contributed by atoms with Crippen LogP contribution in [0, 0.1) is 0 Å². The van der Waals surface area contributed by atoms with Gasteiger partial charge in [-0.15, -0.1) is 0 Å². The minimum atomic E-state index is 1.10. The third-order valence-electron chi connectivity index (χ3n) is 15.2. The monoisotopic (exact) mass is 903 g/mol. The van der Waals surface area contributed by atoms with Crippen LogP contribution in [0.2, 0.25) is 0 Å². The van der Waals surface area contributed by atoms with Crippen molar-refractivity contribution >= 4 is 109 Å². The van der Waals surface area contributed by atoms with Crippen molar-refractivity contribution in [3.8, 4) is 28.4 Å². The molecule has 5 nitrogen and oxygen atoms in total. The molecule has 0 spiro atoms. The molecule has 71 heavy (non-hydrogen) atoms. The molecule has 0 aliphatic carbocycles. The zero-order valence-corrected chi connectivity index (χ0v) is 38.4. The predicted octanol–water partition coefficient (Wildman–Crippen LogP) is 17.2. The Morgan fingerprint density at radius 2 is 0.380 bits per heavy atom. The average molecular weight is 904 g/mol. The zero-order chi connectivity index (χ0) is 46.3. The third kappa shape index (κ3) is 5.34. The Hall–Kier alpha value is -9.58. The van der Waals surface area contributed by atoms with Gasteiger partial charge in [0.1, 0.15) is 0 Å². The van der Waals surface area contributed by atoms with Gasteiger partial charge in [-0.05, 0) is 109 Å². The van der Waals surface area contributed by atoms with E-state index in [-0.39, 0.29) is 0 Å². The number of para-hydroxylation sites is 7. The van der Waals surface area contributed by atoms with Gasteiger partial charge in [-0.25, -0.2) is 0 Å². The van der Waals surface area contributed by atoms with E-state index in [4.69, 9.17) is 0 Å². The maximum absolute atomic E-state index is 2.53. The highest BCUT2D eigenvalue weighted by atomic mass is 15.0. The molecule has 0 radical (unpaired) electrons. The van der Waals surface area contributed by atoms with Crippen LogP contribution in [0.3, 0.4) is 0 Å². The minimum Gasteiger partial charge on any atom is -0.309 e. The Morgan fingerprint density at radius 1 is 0.141 bits per heavy atom. The molecule has 16 rings (SSSR count). The molecule has 0 saturated heterocycles. The first-order valence-corrected chi connectivity index (χ1v) is 24.4. The number of fused-ring (bicyclic) bond motifs is 15. The second kappa shape index (κ2) is 14.5. The van der Waals surface area contributed by atoms with Crippen LogP contribution in [0.4, 0.5) is 0 Å². The van der Waals surface area contributed by atoms with Crippen molar-refractivity contribution < 1.29 is 0 Å². The van der Waals surface area contributed by atoms with Crippen LogP contribution in [0.15, 0.2) is 249 Å². The van der Waals surface area contributed by atoms with Gasteiger partial charge in [0, 0.05) is 82.3 Å². The highest BCUT2D eigenvalue weighted by Crippen LogP contribution is 2.44. The summed E-state index contributed by atoms with van der Waals surface area (Å²) in [5.74, 6) is 0. The molecule has 0 fully saturated rings. The average Bonchev–Trinajstić information content (AvgIpc) is 4.21. The summed E-state index contributed by atoms with van der Waals surface area (Å²) in [6.07, 6.45) is 0. The Morgan fingerprint density at radius 3 is 0.732 bits per heavy atom. The van der Waals surface area contributed by atoms with Crippen molar-refractivity contribution in [2.45, 2.75) is 0 Å². The van der Waals surface area contributed by atoms with E-state index >= 15 is 0 Å². The van der Waals surface area contributed by atoms with Gasteiger partial charge >= 0.3 is 0 Å². The van der Waals surface area contributed by atoms with E-state index in [1.54, 1.807) is 0 Å². The van der Waals surface area contributed by atoms with Crippen molar-refractivity contribution in [3.05, 3.63) is 249 Å². The highest BCUT2D eigenvalue weighted by Gasteiger charge is 2.23. The highest BCUT2D eigenvalue weighted by molar-refractivity contribution is 6.23. The van der Waals surface area contributed by atoms with Crippen molar-refractivity contribution in [2.24, 2.45) is 0 Å². The molecule has 16 aromatic rings. The fraction of sp³-hybridized carbons (Fsp3) is 0. The molecule has 0 atom stereocenters. The van der Waals surface area contributed by atoms with Crippen molar-refractivity contribution in [1.29, 1.82) is 0 Å². The summed E-state index contributed by atoms with van der Waals surface area (Å²) in [4.78, 5) is 0.